The highest BCUT2D eigenvalue weighted by molar-refractivity contribution is 5.73. The van der Waals surface area contributed by atoms with E-state index in [0.717, 1.165) is 6.42 Å². The lowest BCUT2D eigenvalue weighted by molar-refractivity contribution is -0.118. The molecule has 0 saturated carbocycles. The Kier molecular flexibility index (Phi) is 3.31. The normalized spacial score (nSPS) is 13.1. The molecule has 72 valence electrons. The summed E-state index contributed by atoms with van der Waals surface area (Å²) in [6.45, 7) is 10.9. The van der Waals surface area contributed by atoms with Gasteiger partial charge in [0.15, 0.2) is 0 Å². The van der Waals surface area contributed by atoms with E-state index < -0.39 is 0 Å². The molecule has 0 aliphatic heterocycles. The van der Waals surface area contributed by atoms with Gasteiger partial charge in [-0.05, 0) is 17.3 Å². The van der Waals surface area contributed by atoms with Crippen molar-refractivity contribution in [1.82, 2.24) is 0 Å². The number of primary amides is 1. The Hall–Kier alpha value is -0.530. The molecule has 0 aliphatic carbocycles. The first kappa shape index (κ1) is 11.5. The number of hydrogen-bond donors (Lipinski definition) is 1. The minimum absolute atomic E-state index is 0.169. The predicted molar refractivity (Wildman–Crippen MR) is 51.7 cm³/mol. The van der Waals surface area contributed by atoms with Crippen LogP contribution >= 0.6 is 0 Å². The third-order valence-electron chi connectivity index (χ3n) is 3.03. The Morgan fingerprint density at radius 3 is 1.83 bits per heavy atom. The lowest BCUT2D eigenvalue weighted by Crippen LogP contribution is -2.30. The molecule has 0 aromatic heterocycles. The van der Waals surface area contributed by atoms with Crippen molar-refractivity contribution in [2.45, 2.75) is 47.5 Å². The van der Waals surface area contributed by atoms with Crippen LogP contribution < -0.4 is 5.73 Å². The van der Waals surface area contributed by atoms with Crippen molar-refractivity contribution in [2.24, 2.45) is 16.6 Å². The van der Waals surface area contributed by atoms with Crippen LogP contribution in [-0.4, -0.2) is 5.91 Å². The van der Waals surface area contributed by atoms with E-state index in [1.807, 2.05) is 0 Å². The van der Waals surface area contributed by atoms with Crippen molar-refractivity contribution in [3.8, 4) is 0 Å². The van der Waals surface area contributed by atoms with E-state index in [2.05, 4.69) is 34.6 Å². The molecule has 2 N–H and O–H groups in total. The fourth-order valence-electron chi connectivity index (χ4n) is 0.811. The SMILES string of the molecule is CC(C)(C)C(C)(C)CCC(N)=O. The van der Waals surface area contributed by atoms with Gasteiger partial charge < -0.3 is 5.73 Å². The van der Waals surface area contributed by atoms with Crippen LogP contribution in [0.4, 0.5) is 0 Å². The van der Waals surface area contributed by atoms with Gasteiger partial charge in [-0.2, -0.15) is 0 Å². The molecular weight excluding hydrogens is 150 g/mol. The zero-order valence-corrected chi connectivity index (χ0v) is 8.90. The maximum atomic E-state index is 10.6. The average Bonchev–Trinajstić information content (AvgIpc) is 1.81. The summed E-state index contributed by atoms with van der Waals surface area (Å²) in [4.78, 5) is 10.6. The van der Waals surface area contributed by atoms with Gasteiger partial charge in [0, 0.05) is 6.42 Å². The van der Waals surface area contributed by atoms with Crippen LogP contribution in [0.5, 0.6) is 0 Å². The third-order valence-corrected chi connectivity index (χ3v) is 3.03. The fraction of sp³-hybridized carbons (Fsp3) is 0.900. The smallest absolute Gasteiger partial charge is 0.217 e. The second-order valence-electron chi connectivity index (χ2n) is 5.10. The van der Waals surface area contributed by atoms with E-state index in [4.69, 9.17) is 5.73 Å². The molecular formula is C10H21NO. The van der Waals surface area contributed by atoms with Gasteiger partial charge in [-0.15, -0.1) is 0 Å². The molecule has 0 bridgehead atoms. The van der Waals surface area contributed by atoms with E-state index in [0.29, 0.717) is 6.42 Å². The standard InChI is InChI=1S/C10H21NO/c1-9(2,3)10(4,5)7-6-8(11)12/h6-7H2,1-5H3,(H2,11,12). The van der Waals surface area contributed by atoms with Crippen molar-refractivity contribution in [3.63, 3.8) is 0 Å². The van der Waals surface area contributed by atoms with Gasteiger partial charge in [0.2, 0.25) is 5.91 Å². The molecule has 1 amide bonds. The van der Waals surface area contributed by atoms with Crippen molar-refractivity contribution in [1.29, 1.82) is 0 Å². The van der Waals surface area contributed by atoms with Crippen LogP contribution in [0.3, 0.4) is 0 Å². The number of carbonyl (C=O) groups excluding carboxylic acids is 1. The van der Waals surface area contributed by atoms with Gasteiger partial charge in [-0.3, -0.25) is 4.79 Å². The highest BCUT2D eigenvalue weighted by Gasteiger charge is 2.32. The molecule has 0 atom stereocenters. The van der Waals surface area contributed by atoms with Gasteiger partial charge in [-0.1, -0.05) is 34.6 Å². The number of nitrogens with two attached hydrogens (primary N) is 1. The van der Waals surface area contributed by atoms with Crippen LogP contribution in [0.1, 0.15) is 47.5 Å². The minimum Gasteiger partial charge on any atom is -0.370 e. The predicted octanol–water partition coefficient (Wildman–Crippen LogP) is 2.32. The molecule has 0 radical (unpaired) electrons. The monoisotopic (exact) mass is 171 g/mol. The van der Waals surface area contributed by atoms with E-state index in [-0.39, 0.29) is 16.7 Å². The van der Waals surface area contributed by atoms with Gasteiger partial charge >= 0.3 is 0 Å². The molecule has 0 fully saturated rings. The first-order valence-corrected chi connectivity index (χ1v) is 4.45. The molecule has 2 nitrogen and oxygen atoms in total. The molecule has 0 aromatic carbocycles. The van der Waals surface area contributed by atoms with Crippen LogP contribution in [-0.2, 0) is 4.79 Å². The topological polar surface area (TPSA) is 43.1 Å². The number of amides is 1. The molecule has 0 spiro atoms. The molecule has 0 saturated heterocycles. The summed E-state index contributed by atoms with van der Waals surface area (Å²) in [5.74, 6) is -0.202. The molecule has 0 aliphatic rings. The van der Waals surface area contributed by atoms with E-state index >= 15 is 0 Å². The summed E-state index contributed by atoms with van der Waals surface area (Å²) in [7, 11) is 0. The van der Waals surface area contributed by atoms with Crippen molar-refractivity contribution in [3.05, 3.63) is 0 Å². The first-order chi connectivity index (χ1) is 5.17. The number of carbonyl (C=O) groups is 1. The van der Waals surface area contributed by atoms with Gasteiger partial charge in [0.1, 0.15) is 0 Å². The van der Waals surface area contributed by atoms with Gasteiger partial charge in [0.25, 0.3) is 0 Å². The molecule has 2 heteroatoms. The lowest BCUT2D eigenvalue weighted by Gasteiger charge is -2.38. The summed E-state index contributed by atoms with van der Waals surface area (Å²) in [5.41, 5.74) is 5.50. The molecule has 0 unspecified atom stereocenters. The maximum absolute atomic E-state index is 10.6. The van der Waals surface area contributed by atoms with E-state index in [1.54, 1.807) is 0 Å². The van der Waals surface area contributed by atoms with E-state index in [9.17, 15) is 4.79 Å². The Bertz CT molecular complexity index is 165. The zero-order chi connectivity index (χ0) is 9.99. The van der Waals surface area contributed by atoms with Crippen molar-refractivity contribution in [2.75, 3.05) is 0 Å². The van der Waals surface area contributed by atoms with Gasteiger partial charge in [0.05, 0.1) is 0 Å². The number of hydrogen-bond acceptors (Lipinski definition) is 1. The molecule has 0 aromatic rings. The average molecular weight is 171 g/mol. The van der Waals surface area contributed by atoms with Crippen molar-refractivity contribution < 1.29 is 4.79 Å². The Balaban J connectivity index is 4.14. The molecule has 0 heterocycles. The lowest BCUT2D eigenvalue weighted by atomic mass is 9.67. The summed E-state index contributed by atoms with van der Waals surface area (Å²) < 4.78 is 0. The first-order valence-electron chi connectivity index (χ1n) is 4.45. The maximum Gasteiger partial charge on any atom is 0.217 e. The largest absolute Gasteiger partial charge is 0.370 e. The third kappa shape index (κ3) is 3.24. The van der Waals surface area contributed by atoms with Crippen LogP contribution in [0.2, 0.25) is 0 Å². The van der Waals surface area contributed by atoms with Gasteiger partial charge in [-0.25, -0.2) is 0 Å². The van der Waals surface area contributed by atoms with Crippen LogP contribution in [0, 0.1) is 10.8 Å². The van der Waals surface area contributed by atoms with Crippen LogP contribution in [0.15, 0.2) is 0 Å². The van der Waals surface area contributed by atoms with Crippen LogP contribution in [0.25, 0.3) is 0 Å². The fourth-order valence-corrected chi connectivity index (χ4v) is 0.811. The molecule has 12 heavy (non-hydrogen) atoms. The second kappa shape index (κ2) is 3.46. The summed E-state index contributed by atoms with van der Waals surface area (Å²) in [6, 6.07) is 0. The quantitative estimate of drug-likeness (QED) is 0.695. The second-order valence-corrected chi connectivity index (χ2v) is 5.10. The Morgan fingerprint density at radius 2 is 1.58 bits per heavy atom. The van der Waals surface area contributed by atoms with E-state index in [1.165, 1.54) is 0 Å². The Morgan fingerprint density at radius 1 is 1.17 bits per heavy atom. The summed E-state index contributed by atoms with van der Waals surface area (Å²) in [5, 5.41) is 0. The zero-order valence-electron chi connectivity index (χ0n) is 8.90. The summed E-state index contributed by atoms with van der Waals surface area (Å²) in [6.07, 6.45) is 1.36. The Labute approximate surface area is 75.5 Å². The molecule has 0 rings (SSSR count). The highest BCUT2D eigenvalue weighted by atomic mass is 16.1. The highest BCUT2D eigenvalue weighted by Crippen LogP contribution is 2.41. The number of rotatable bonds is 3. The minimum atomic E-state index is -0.202. The van der Waals surface area contributed by atoms with Crippen molar-refractivity contribution >= 4 is 5.91 Å². The summed E-state index contributed by atoms with van der Waals surface area (Å²) >= 11 is 0.